The second-order valence-corrected chi connectivity index (χ2v) is 2.73. The van der Waals surface area contributed by atoms with E-state index in [-0.39, 0.29) is 13.2 Å². The number of benzene rings is 1. The van der Waals surface area contributed by atoms with Gasteiger partial charge in [0.25, 0.3) is 0 Å². The van der Waals surface area contributed by atoms with E-state index in [2.05, 4.69) is 5.32 Å². The van der Waals surface area contributed by atoms with Crippen molar-refractivity contribution >= 4 is 18.1 Å². The second kappa shape index (κ2) is 5.77. The zero-order chi connectivity index (χ0) is 11.1. The zero-order valence-electron chi connectivity index (χ0n) is 8.10. The molecule has 15 heavy (non-hydrogen) atoms. The Morgan fingerprint density at radius 2 is 2.20 bits per heavy atom. The molecule has 0 aliphatic rings. The highest BCUT2D eigenvalue weighted by Gasteiger charge is 2.11. The van der Waals surface area contributed by atoms with Crippen LogP contribution in [-0.4, -0.2) is 25.5 Å². The molecule has 0 bridgehead atoms. The van der Waals surface area contributed by atoms with Gasteiger partial charge in [0.1, 0.15) is 6.61 Å². The second-order valence-electron chi connectivity index (χ2n) is 2.73. The quantitative estimate of drug-likeness (QED) is 0.541. The molecule has 0 heterocycles. The Morgan fingerprint density at radius 3 is 2.87 bits per heavy atom. The summed E-state index contributed by atoms with van der Waals surface area (Å²) in [5, 5.41) is 2.42. The van der Waals surface area contributed by atoms with Crippen molar-refractivity contribution < 1.29 is 14.3 Å². The van der Waals surface area contributed by atoms with Gasteiger partial charge in [0.05, 0.1) is 11.3 Å². The molecular weight excluding hydrogens is 196 g/mol. The van der Waals surface area contributed by atoms with E-state index in [0.717, 1.165) is 0 Å². The summed E-state index contributed by atoms with van der Waals surface area (Å²) in [4.78, 5) is 21.7. The van der Waals surface area contributed by atoms with Gasteiger partial charge in [-0.25, -0.2) is 4.79 Å². The lowest BCUT2D eigenvalue weighted by Crippen LogP contribution is -2.15. The standard InChI is InChI=1S/C10H12N2O3/c11-5-6-15-10(14)8-3-1-2-4-9(8)12-7-13/h1-4,7H,5-6,11H2,(H,12,13). The first-order valence-electron chi connectivity index (χ1n) is 4.46. The van der Waals surface area contributed by atoms with E-state index in [1.807, 2.05) is 0 Å². The van der Waals surface area contributed by atoms with Crippen molar-refractivity contribution in [3.8, 4) is 0 Å². The average molecular weight is 208 g/mol. The Bertz CT molecular complexity index is 352. The Kier molecular flexibility index (Phi) is 4.30. The molecule has 5 nitrogen and oxygen atoms in total. The molecule has 0 aliphatic carbocycles. The van der Waals surface area contributed by atoms with Gasteiger partial charge in [-0.2, -0.15) is 0 Å². The van der Waals surface area contributed by atoms with Crippen LogP contribution in [0.5, 0.6) is 0 Å². The summed E-state index contributed by atoms with van der Waals surface area (Å²) in [6.45, 7) is 0.434. The van der Waals surface area contributed by atoms with Crippen LogP contribution in [-0.2, 0) is 9.53 Å². The molecule has 0 fully saturated rings. The lowest BCUT2D eigenvalue weighted by molar-refractivity contribution is -0.105. The van der Waals surface area contributed by atoms with Gasteiger partial charge in [-0.1, -0.05) is 12.1 Å². The van der Waals surface area contributed by atoms with Crippen molar-refractivity contribution in [3.63, 3.8) is 0 Å². The van der Waals surface area contributed by atoms with E-state index in [1.54, 1.807) is 24.3 Å². The van der Waals surface area contributed by atoms with Crippen molar-refractivity contribution in [2.24, 2.45) is 5.73 Å². The molecule has 0 radical (unpaired) electrons. The molecule has 1 rings (SSSR count). The van der Waals surface area contributed by atoms with Gasteiger partial charge in [0.2, 0.25) is 6.41 Å². The number of amides is 1. The number of nitrogens with two attached hydrogens (primary N) is 1. The molecule has 0 aliphatic heterocycles. The molecular formula is C10H12N2O3. The molecule has 0 saturated heterocycles. The minimum atomic E-state index is -0.495. The van der Waals surface area contributed by atoms with Gasteiger partial charge in [-0.3, -0.25) is 4.79 Å². The number of rotatable bonds is 5. The van der Waals surface area contributed by atoms with Gasteiger partial charge in [-0.15, -0.1) is 0 Å². The Morgan fingerprint density at radius 1 is 1.47 bits per heavy atom. The van der Waals surface area contributed by atoms with Crippen LogP contribution in [0.15, 0.2) is 24.3 Å². The summed E-state index contributed by atoms with van der Waals surface area (Å²) in [6, 6.07) is 6.60. The number of carbonyl (C=O) groups excluding carboxylic acids is 2. The van der Waals surface area contributed by atoms with E-state index in [0.29, 0.717) is 17.7 Å². The first-order chi connectivity index (χ1) is 7.29. The first kappa shape index (κ1) is 11.2. The highest BCUT2D eigenvalue weighted by Crippen LogP contribution is 2.14. The van der Waals surface area contributed by atoms with Crippen LogP contribution < -0.4 is 11.1 Å². The molecule has 0 saturated carbocycles. The van der Waals surface area contributed by atoms with Gasteiger partial charge >= 0.3 is 5.97 Å². The van der Waals surface area contributed by atoms with Crippen molar-refractivity contribution in [2.75, 3.05) is 18.5 Å². The number of hydrogen-bond donors (Lipinski definition) is 2. The Hall–Kier alpha value is -1.88. The molecule has 3 N–H and O–H groups in total. The lowest BCUT2D eigenvalue weighted by Gasteiger charge is -2.07. The number of anilines is 1. The Labute approximate surface area is 87.2 Å². The molecule has 0 unspecified atom stereocenters. The van der Waals surface area contributed by atoms with Crippen LogP contribution in [0, 0.1) is 0 Å². The summed E-state index contributed by atoms with van der Waals surface area (Å²) in [7, 11) is 0. The monoisotopic (exact) mass is 208 g/mol. The highest BCUT2D eigenvalue weighted by atomic mass is 16.5. The third kappa shape index (κ3) is 3.07. The first-order valence-corrected chi connectivity index (χ1v) is 4.46. The normalized spacial score (nSPS) is 9.40. The van der Waals surface area contributed by atoms with Crippen LogP contribution in [0.4, 0.5) is 5.69 Å². The van der Waals surface area contributed by atoms with Crippen molar-refractivity contribution in [2.45, 2.75) is 0 Å². The van der Waals surface area contributed by atoms with Crippen LogP contribution in [0.1, 0.15) is 10.4 Å². The maximum atomic E-state index is 11.5. The smallest absolute Gasteiger partial charge is 0.340 e. The molecule has 1 aromatic carbocycles. The lowest BCUT2D eigenvalue weighted by atomic mass is 10.2. The van der Waals surface area contributed by atoms with E-state index >= 15 is 0 Å². The van der Waals surface area contributed by atoms with Crippen molar-refractivity contribution in [1.29, 1.82) is 0 Å². The van der Waals surface area contributed by atoms with Gasteiger partial charge in [0.15, 0.2) is 0 Å². The summed E-state index contributed by atoms with van der Waals surface area (Å²) < 4.78 is 4.84. The molecule has 80 valence electrons. The van der Waals surface area contributed by atoms with Gasteiger partial charge in [0, 0.05) is 6.54 Å². The maximum Gasteiger partial charge on any atom is 0.340 e. The number of para-hydroxylation sites is 1. The fourth-order valence-electron chi connectivity index (χ4n) is 1.08. The third-order valence-corrected chi connectivity index (χ3v) is 1.71. The number of carbonyl (C=O) groups is 2. The molecule has 0 atom stereocenters. The van der Waals surface area contributed by atoms with Crippen LogP contribution in [0.3, 0.4) is 0 Å². The fourth-order valence-corrected chi connectivity index (χ4v) is 1.08. The van der Waals surface area contributed by atoms with Crippen LogP contribution >= 0.6 is 0 Å². The van der Waals surface area contributed by atoms with Crippen LogP contribution in [0.2, 0.25) is 0 Å². The van der Waals surface area contributed by atoms with Gasteiger partial charge < -0.3 is 15.8 Å². The summed E-state index contributed by atoms with van der Waals surface area (Å²) in [5.74, 6) is -0.495. The van der Waals surface area contributed by atoms with E-state index in [9.17, 15) is 9.59 Å². The number of hydrogen-bond acceptors (Lipinski definition) is 4. The molecule has 1 aromatic rings. The summed E-state index contributed by atoms with van der Waals surface area (Å²) in [6.07, 6.45) is 0.509. The molecule has 5 heteroatoms. The fraction of sp³-hybridized carbons (Fsp3) is 0.200. The number of esters is 1. The van der Waals surface area contributed by atoms with Crippen molar-refractivity contribution in [1.82, 2.24) is 0 Å². The highest BCUT2D eigenvalue weighted by molar-refractivity contribution is 5.97. The van der Waals surface area contributed by atoms with E-state index in [4.69, 9.17) is 10.5 Å². The minimum absolute atomic E-state index is 0.161. The largest absolute Gasteiger partial charge is 0.461 e. The Balaban J connectivity index is 2.82. The van der Waals surface area contributed by atoms with Crippen LogP contribution in [0.25, 0.3) is 0 Å². The van der Waals surface area contributed by atoms with Gasteiger partial charge in [-0.05, 0) is 12.1 Å². The topological polar surface area (TPSA) is 81.4 Å². The van der Waals surface area contributed by atoms with E-state index < -0.39 is 5.97 Å². The molecule has 0 spiro atoms. The SMILES string of the molecule is NCCOC(=O)c1ccccc1NC=O. The number of ether oxygens (including phenoxy) is 1. The summed E-state index contributed by atoms with van der Waals surface area (Å²) in [5.41, 5.74) is 5.95. The minimum Gasteiger partial charge on any atom is -0.461 e. The third-order valence-electron chi connectivity index (χ3n) is 1.71. The predicted octanol–water partition coefficient (Wildman–Crippen LogP) is 0.370. The number of nitrogens with one attached hydrogen (secondary N) is 1. The van der Waals surface area contributed by atoms with E-state index in [1.165, 1.54) is 0 Å². The average Bonchev–Trinajstić information content (AvgIpc) is 2.27. The summed E-state index contributed by atoms with van der Waals surface area (Å²) >= 11 is 0. The molecule has 1 amide bonds. The zero-order valence-corrected chi connectivity index (χ0v) is 8.10. The molecule has 0 aromatic heterocycles. The predicted molar refractivity (Wildman–Crippen MR) is 55.5 cm³/mol. The van der Waals surface area contributed by atoms with Crippen molar-refractivity contribution in [3.05, 3.63) is 29.8 Å². The maximum absolute atomic E-state index is 11.5.